The van der Waals surface area contributed by atoms with Crippen LogP contribution >= 0.6 is 0 Å². The van der Waals surface area contributed by atoms with Crippen LogP contribution in [0, 0.1) is 17.0 Å². The Morgan fingerprint density at radius 2 is 1.68 bits per heavy atom. The lowest BCUT2D eigenvalue weighted by Gasteiger charge is -2.23. The van der Waals surface area contributed by atoms with Gasteiger partial charge in [-0.05, 0) is 25.8 Å². The molecule has 0 aliphatic heterocycles. The molecular weight excluding hydrogens is 494 g/mol. The summed E-state index contributed by atoms with van der Waals surface area (Å²) in [5.41, 5.74) is 10.2. The minimum absolute atomic E-state index is 0.172. The molecule has 5 amide bonds. The fourth-order valence-electron chi connectivity index (χ4n) is 3.22. The van der Waals surface area contributed by atoms with Crippen molar-refractivity contribution in [3.05, 3.63) is 33.4 Å². The molecule has 0 fully saturated rings. The Kier molecular flexibility index (Phi) is 11.4. The summed E-state index contributed by atoms with van der Waals surface area (Å²) in [7, 11) is 0. The van der Waals surface area contributed by atoms with Crippen molar-refractivity contribution in [3.8, 4) is 0 Å². The predicted octanol–water partition coefficient (Wildman–Crippen LogP) is -1.74. The van der Waals surface area contributed by atoms with Crippen LogP contribution in [-0.4, -0.2) is 70.7 Å². The quantitative estimate of drug-likeness (QED) is 0.101. The van der Waals surface area contributed by atoms with Crippen LogP contribution < -0.4 is 32.7 Å². The number of anilines is 1. The standard InChI is InChI=1S/C21H29N7O9/c1-3-24-18-10(2)6-11(28(36)37)7-12(18)19(33)26-13(4-5-17(31)32)21(35)27-14(8-15(22)29)20(34)25-9-16(23)30/h6-7,13-14,24H,3-5,8-9H2,1-2H3,(H2,22,29)(H2,23,30)(H,25,34)(H,26,33)(H,27,35)(H,31,32). The Morgan fingerprint density at radius 3 is 2.19 bits per heavy atom. The molecule has 0 saturated heterocycles. The SMILES string of the molecule is CCNc1c(C)cc([N+](=O)[O-])cc1C(=O)NC(CCC(=O)O)C(=O)NC(CC(N)=O)C(=O)NCC(N)=O. The van der Waals surface area contributed by atoms with E-state index in [9.17, 15) is 38.9 Å². The zero-order valence-electron chi connectivity index (χ0n) is 20.2. The summed E-state index contributed by atoms with van der Waals surface area (Å²) in [5, 5.41) is 29.9. The van der Waals surface area contributed by atoms with Crippen LogP contribution in [0.4, 0.5) is 11.4 Å². The average Bonchev–Trinajstić information content (AvgIpc) is 2.79. The Labute approximate surface area is 210 Å². The highest BCUT2D eigenvalue weighted by Gasteiger charge is 2.30. The largest absolute Gasteiger partial charge is 0.481 e. The summed E-state index contributed by atoms with van der Waals surface area (Å²) in [6.45, 7) is 3.03. The summed E-state index contributed by atoms with van der Waals surface area (Å²) >= 11 is 0. The number of carboxylic acid groups (broad SMARTS) is 1. The molecule has 0 aliphatic carbocycles. The number of nitro benzene ring substituents is 1. The number of hydrogen-bond acceptors (Lipinski definition) is 9. The van der Waals surface area contributed by atoms with E-state index in [1.54, 1.807) is 6.92 Å². The average molecular weight is 524 g/mol. The Bertz CT molecular complexity index is 1090. The van der Waals surface area contributed by atoms with Gasteiger partial charge in [0.05, 0.1) is 29.1 Å². The molecule has 2 atom stereocenters. The molecule has 0 aromatic heterocycles. The molecule has 37 heavy (non-hydrogen) atoms. The second-order valence-corrected chi connectivity index (χ2v) is 7.85. The van der Waals surface area contributed by atoms with Gasteiger partial charge in [-0.1, -0.05) is 0 Å². The van der Waals surface area contributed by atoms with Crippen LogP contribution in [-0.2, 0) is 24.0 Å². The van der Waals surface area contributed by atoms with E-state index in [2.05, 4.69) is 21.3 Å². The minimum Gasteiger partial charge on any atom is -0.481 e. The highest BCUT2D eigenvalue weighted by Crippen LogP contribution is 2.27. The Balaban J connectivity index is 3.28. The van der Waals surface area contributed by atoms with Gasteiger partial charge in [0, 0.05) is 25.1 Å². The first-order chi connectivity index (χ1) is 17.3. The van der Waals surface area contributed by atoms with Gasteiger partial charge in [0.15, 0.2) is 0 Å². The van der Waals surface area contributed by atoms with Crippen molar-refractivity contribution in [2.24, 2.45) is 11.5 Å². The number of carbonyl (C=O) groups is 6. The second kappa shape index (κ2) is 14.0. The molecule has 16 heteroatoms. The maximum Gasteiger partial charge on any atom is 0.303 e. The van der Waals surface area contributed by atoms with Gasteiger partial charge in [-0.2, -0.15) is 0 Å². The summed E-state index contributed by atoms with van der Waals surface area (Å²) in [6, 6.07) is -0.842. The summed E-state index contributed by atoms with van der Waals surface area (Å²) in [4.78, 5) is 82.4. The lowest BCUT2D eigenvalue weighted by Crippen LogP contribution is -2.55. The van der Waals surface area contributed by atoms with Gasteiger partial charge in [-0.25, -0.2) is 0 Å². The molecule has 0 saturated carbocycles. The van der Waals surface area contributed by atoms with E-state index in [1.807, 2.05) is 0 Å². The van der Waals surface area contributed by atoms with Crippen molar-refractivity contribution >= 4 is 46.9 Å². The zero-order chi connectivity index (χ0) is 28.3. The van der Waals surface area contributed by atoms with Gasteiger partial charge in [-0.3, -0.25) is 38.9 Å². The molecule has 0 heterocycles. The topological polar surface area (TPSA) is 266 Å². The number of carboxylic acids is 1. The van der Waals surface area contributed by atoms with E-state index in [1.165, 1.54) is 13.0 Å². The number of aliphatic carboxylic acids is 1. The number of nitro groups is 1. The molecule has 0 bridgehead atoms. The second-order valence-electron chi connectivity index (χ2n) is 7.85. The van der Waals surface area contributed by atoms with Crippen molar-refractivity contribution in [3.63, 3.8) is 0 Å². The molecule has 9 N–H and O–H groups in total. The summed E-state index contributed by atoms with van der Waals surface area (Å²) in [5.74, 6) is -6.11. The third-order valence-corrected chi connectivity index (χ3v) is 4.87. The number of nitrogens with one attached hydrogen (secondary N) is 4. The monoisotopic (exact) mass is 523 g/mol. The number of primary amides is 2. The lowest BCUT2D eigenvalue weighted by molar-refractivity contribution is -0.384. The lowest BCUT2D eigenvalue weighted by atomic mass is 10.0. The van der Waals surface area contributed by atoms with Gasteiger partial charge in [0.25, 0.3) is 11.6 Å². The maximum absolute atomic E-state index is 13.1. The first-order valence-corrected chi connectivity index (χ1v) is 11.0. The number of benzene rings is 1. The number of amides is 5. The van der Waals surface area contributed by atoms with Crippen LogP contribution in [0.25, 0.3) is 0 Å². The van der Waals surface area contributed by atoms with Gasteiger partial charge in [0.2, 0.25) is 23.6 Å². The Hall–Kier alpha value is -4.76. The van der Waals surface area contributed by atoms with Crippen molar-refractivity contribution in [2.75, 3.05) is 18.4 Å². The molecule has 1 aromatic carbocycles. The zero-order valence-corrected chi connectivity index (χ0v) is 20.2. The molecule has 16 nitrogen and oxygen atoms in total. The smallest absolute Gasteiger partial charge is 0.303 e. The van der Waals surface area contributed by atoms with E-state index in [4.69, 9.17) is 16.6 Å². The first kappa shape index (κ1) is 30.3. The number of rotatable bonds is 15. The highest BCUT2D eigenvalue weighted by molar-refractivity contribution is 6.03. The third kappa shape index (κ3) is 9.79. The van der Waals surface area contributed by atoms with Gasteiger partial charge < -0.3 is 37.8 Å². The van der Waals surface area contributed by atoms with Crippen LogP contribution in [0.2, 0.25) is 0 Å². The fraction of sp³-hybridized carbons (Fsp3) is 0.429. The van der Waals surface area contributed by atoms with Crippen molar-refractivity contribution < 1.29 is 38.8 Å². The first-order valence-electron chi connectivity index (χ1n) is 11.0. The van der Waals surface area contributed by atoms with E-state index in [-0.39, 0.29) is 16.9 Å². The van der Waals surface area contributed by atoms with E-state index in [0.717, 1.165) is 6.07 Å². The Morgan fingerprint density at radius 1 is 1.03 bits per heavy atom. The molecule has 2 unspecified atom stereocenters. The molecule has 0 spiro atoms. The molecule has 0 aliphatic rings. The van der Waals surface area contributed by atoms with Crippen LogP contribution in [0.5, 0.6) is 0 Å². The van der Waals surface area contributed by atoms with Crippen LogP contribution in [0.15, 0.2) is 12.1 Å². The normalized spacial score (nSPS) is 11.9. The predicted molar refractivity (Wildman–Crippen MR) is 128 cm³/mol. The van der Waals surface area contributed by atoms with Crippen molar-refractivity contribution in [1.29, 1.82) is 0 Å². The number of nitrogens with zero attached hydrogens (tertiary/aromatic N) is 1. The third-order valence-electron chi connectivity index (χ3n) is 4.87. The van der Waals surface area contributed by atoms with Gasteiger partial charge >= 0.3 is 5.97 Å². The maximum atomic E-state index is 13.1. The number of nitrogens with two attached hydrogens (primary N) is 2. The van der Waals surface area contributed by atoms with Gasteiger partial charge in [0.1, 0.15) is 12.1 Å². The van der Waals surface area contributed by atoms with Crippen molar-refractivity contribution in [2.45, 2.75) is 45.2 Å². The summed E-state index contributed by atoms with van der Waals surface area (Å²) < 4.78 is 0. The molecule has 0 radical (unpaired) electrons. The molecule has 1 aromatic rings. The van der Waals surface area contributed by atoms with E-state index < -0.39 is 78.3 Å². The number of carbonyl (C=O) groups excluding carboxylic acids is 5. The number of non-ortho nitro benzene ring substituents is 1. The van der Waals surface area contributed by atoms with Gasteiger partial charge in [-0.15, -0.1) is 0 Å². The molecule has 202 valence electrons. The minimum atomic E-state index is -1.56. The van der Waals surface area contributed by atoms with Crippen molar-refractivity contribution in [1.82, 2.24) is 16.0 Å². The number of aryl methyl sites for hydroxylation is 1. The van der Waals surface area contributed by atoms with Crippen LogP contribution in [0.3, 0.4) is 0 Å². The van der Waals surface area contributed by atoms with Crippen LogP contribution in [0.1, 0.15) is 42.1 Å². The summed E-state index contributed by atoms with van der Waals surface area (Å²) in [6.07, 6.45) is -1.67. The molecule has 1 rings (SSSR count). The van der Waals surface area contributed by atoms with E-state index >= 15 is 0 Å². The highest BCUT2D eigenvalue weighted by atomic mass is 16.6. The molecular formula is C21H29N7O9. The number of hydrogen-bond donors (Lipinski definition) is 7. The fourth-order valence-corrected chi connectivity index (χ4v) is 3.22. The van der Waals surface area contributed by atoms with E-state index in [0.29, 0.717) is 12.1 Å².